The molecule has 2 fully saturated rings. The SMILES string of the molecule is O=C(NCCc1ccc2c(c1)OCO2)N1CCC2(CC1)OCCO2. The van der Waals surface area contributed by atoms with E-state index in [0.717, 1.165) is 36.3 Å². The van der Waals surface area contributed by atoms with E-state index in [1.807, 2.05) is 23.1 Å². The lowest BCUT2D eigenvalue weighted by atomic mass is 10.0. The van der Waals surface area contributed by atoms with Crippen molar-refractivity contribution in [1.82, 2.24) is 10.2 Å². The molecule has 0 saturated carbocycles. The van der Waals surface area contributed by atoms with Gasteiger partial charge in [0.15, 0.2) is 17.3 Å². The van der Waals surface area contributed by atoms with Gasteiger partial charge in [-0.05, 0) is 24.1 Å². The topological polar surface area (TPSA) is 69.3 Å². The number of urea groups is 1. The Balaban J connectivity index is 1.22. The number of nitrogens with zero attached hydrogens (tertiary/aromatic N) is 1. The molecule has 1 aromatic carbocycles. The Hall–Kier alpha value is -1.99. The van der Waals surface area contributed by atoms with Crippen molar-refractivity contribution in [2.75, 3.05) is 39.6 Å². The molecule has 3 aliphatic rings. The van der Waals surface area contributed by atoms with Crippen LogP contribution < -0.4 is 14.8 Å². The second kappa shape index (κ2) is 6.49. The Morgan fingerprint density at radius 3 is 2.67 bits per heavy atom. The van der Waals surface area contributed by atoms with Gasteiger partial charge in [-0.15, -0.1) is 0 Å². The second-order valence-electron chi connectivity index (χ2n) is 6.26. The monoisotopic (exact) mass is 334 g/mol. The Morgan fingerprint density at radius 2 is 1.88 bits per heavy atom. The molecular formula is C17H22N2O5. The van der Waals surface area contributed by atoms with Gasteiger partial charge >= 0.3 is 6.03 Å². The van der Waals surface area contributed by atoms with E-state index in [0.29, 0.717) is 32.8 Å². The summed E-state index contributed by atoms with van der Waals surface area (Å²) in [6, 6.07) is 5.85. The van der Waals surface area contributed by atoms with Crippen molar-refractivity contribution in [3.8, 4) is 11.5 Å². The first-order chi connectivity index (χ1) is 11.7. The van der Waals surface area contributed by atoms with Crippen LogP contribution in [0.5, 0.6) is 11.5 Å². The van der Waals surface area contributed by atoms with Crippen molar-refractivity contribution >= 4 is 6.03 Å². The molecule has 0 atom stereocenters. The van der Waals surface area contributed by atoms with Crippen LogP contribution in [0.25, 0.3) is 0 Å². The average molecular weight is 334 g/mol. The lowest BCUT2D eigenvalue weighted by Crippen LogP contribution is -2.50. The highest BCUT2D eigenvalue weighted by Crippen LogP contribution is 2.33. The molecule has 130 valence electrons. The lowest BCUT2D eigenvalue weighted by Gasteiger charge is -2.37. The highest BCUT2D eigenvalue weighted by molar-refractivity contribution is 5.74. The zero-order chi connectivity index (χ0) is 16.4. The number of hydrogen-bond acceptors (Lipinski definition) is 5. The van der Waals surface area contributed by atoms with Crippen LogP contribution in [0, 0.1) is 0 Å². The number of nitrogens with one attached hydrogen (secondary N) is 1. The van der Waals surface area contributed by atoms with Crippen LogP contribution in [-0.2, 0) is 15.9 Å². The van der Waals surface area contributed by atoms with E-state index in [1.165, 1.54) is 0 Å². The van der Waals surface area contributed by atoms with Crippen LogP contribution in [0.1, 0.15) is 18.4 Å². The molecule has 0 radical (unpaired) electrons. The van der Waals surface area contributed by atoms with Gasteiger partial charge in [-0.1, -0.05) is 6.07 Å². The lowest BCUT2D eigenvalue weighted by molar-refractivity contribution is -0.181. The Labute approximate surface area is 140 Å². The summed E-state index contributed by atoms with van der Waals surface area (Å²) < 4.78 is 22.0. The summed E-state index contributed by atoms with van der Waals surface area (Å²) in [6.07, 6.45) is 2.23. The minimum Gasteiger partial charge on any atom is -0.454 e. The summed E-state index contributed by atoms with van der Waals surface area (Å²) in [4.78, 5) is 14.1. The molecule has 1 aromatic rings. The molecule has 0 unspecified atom stereocenters. The van der Waals surface area contributed by atoms with Crippen LogP contribution in [-0.4, -0.2) is 56.4 Å². The molecule has 1 N–H and O–H groups in total. The number of amides is 2. The molecule has 3 heterocycles. The minimum atomic E-state index is -0.441. The van der Waals surface area contributed by atoms with E-state index < -0.39 is 5.79 Å². The predicted molar refractivity (Wildman–Crippen MR) is 85.1 cm³/mol. The Kier molecular flexibility index (Phi) is 4.20. The van der Waals surface area contributed by atoms with E-state index in [9.17, 15) is 4.79 Å². The number of carbonyl (C=O) groups is 1. The summed E-state index contributed by atoms with van der Waals surface area (Å²) in [5, 5.41) is 2.98. The standard InChI is InChI=1S/C17H22N2O5/c20-16(19-7-4-17(5-8-19)23-9-10-24-17)18-6-3-13-1-2-14-15(11-13)22-12-21-14/h1-2,11H,3-10,12H2,(H,18,20). The third-order valence-corrected chi connectivity index (χ3v) is 4.75. The smallest absolute Gasteiger partial charge is 0.317 e. The first kappa shape index (κ1) is 15.5. The number of hydrogen-bond donors (Lipinski definition) is 1. The van der Waals surface area contributed by atoms with Gasteiger partial charge in [-0.2, -0.15) is 0 Å². The third-order valence-electron chi connectivity index (χ3n) is 4.75. The zero-order valence-electron chi connectivity index (χ0n) is 13.6. The van der Waals surface area contributed by atoms with Crippen molar-refractivity contribution in [2.45, 2.75) is 25.0 Å². The second-order valence-corrected chi connectivity index (χ2v) is 6.26. The number of carbonyl (C=O) groups excluding carboxylic acids is 1. The van der Waals surface area contributed by atoms with Crippen LogP contribution in [0.2, 0.25) is 0 Å². The molecule has 3 aliphatic heterocycles. The third kappa shape index (κ3) is 3.14. The van der Waals surface area contributed by atoms with Gasteiger partial charge in [0, 0.05) is 32.5 Å². The fourth-order valence-electron chi connectivity index (χ4n) is 3.36. The van der Waals surface area contributed by atoms with Crippen LogP contribution >= 0.6 is 0 Å². The van der Waals surface area contributed by atoms with Crippen LogP contribution in [0.3, 0.4) is 0 Å². The van der Waals surface area contributed by atoms with Crippen LogP contribution in [0.4, 0.5) is 4.79 Å². The zero-order valence-corrected chi connectivity index (χ0v) is 13.6. The van der Waals surface area contributed by atoms with Crippen molar-refractivity contribution in [1.29, 1.82) is 0 Å². The predicted octanol–water partition coefficient (Wildman–Crippen LogP) is 1.51. The summed E-state index contributed by atoms with van der Waals surface area (Å²) >= 11 is 0. The largest absolute Gasteiger partial charge is 0.454 e. The van der Waals surface area contributed by atoms with E-state index in [2.05, 4.69) is 5.32 Å². The van der Waals surface area contributed by atoms with Gasteiger partial charge in [-0.25, -0.2) is 4.79 Å². The highest BCUT2D eigenvalue weighted by Gasteiger charge is 2.40. The van der Waals surface area contributed by atoms with Gasteiger partial charge in [0.25, 0.3) is 0 Å². The molecule has 1 spiro atoms. The van der Waals surface area contributed by atoms with E-state index >= 15 is 0 Å². The summed E-state index contributed by atoms with van der Waals surface area (Å²) in [5.41, 5.74) is 1.12. The fraction of sp³-hybridized carbons (Fsp3) is 0.588. The van der Waals surface area contributed by atoms with E-state index in [-0.39, 0.29) is 12.8 Å². The van der Waals surface area contributed by atoms with Crippen LogP contribution in [0.15, 0.2) is 18.2 Å². The maximum absolute atomic E-state index is 12.3. The quantitative estimate of drug-likeness (QED) is 0.907. The molecule has 0 bridgehead atoms. The Morgan fingerprint density at radius 1 is 1.12 bits per heavy atom. The maximum atomic E-state index is 12.3. The summed E-state index contributed by atoms with van der Waals surface area (Å²) in [6.45, 7) is 3.50. The van der Waals surface area contributed by atoms with Crippen molar-refractivity contribution < 1.29 is 23.7 Å². The number of benzene rings is 1. The van der Waals surface area contributed by atoms with Gasteiger partial charge in [0.05, 0.1) is 13.2 Å². The molecule has 4 rings (SSSR count). The number of likely N-dealkylation sites (tertiary alicyclic amines) is 1. The number of piperidine rings is 1. The molecule has 0 aliphatic carbocycles. The first-order valence-electron chi connectivity index (χ1n) is 8.43. The number of fused-ring (bicyclic) bond motifs is 1. The van der Waals surface area contributed by atoms with Crippen molar-refractivity contribution in [3.63, 3.8) is 0 Å². The molecule has 24 heavy (non-hydrogen) atoms. The molecule has 7 nitrogen and oxygen atoms in total. The van der Waals surface area contributed by atoms with Gasteiger partial charge in [0.1, 0.15) is 0 Å². The Bertz CT molecular complexity index is 605. The van der Waals surface area contributed by atoms with Crippen molar-refractivity contribution in [2.24, 2.45) is 0 Å². The van der Waals surface area contributed by atoms with E-state index in [1.54, 1.807) is 0 Å². The maximum Gasteiger partial charge on any atom is 0.317 e. The highest BCUT2D eigenvalue weighted by atomic mass is 16.7. The number of rotatable bonds is 3. The van der Waals surface area contributed by atoms with Gasteiger partial charge in [-0.3, -0.25) is 0 Å². The fourth-order valence-corrected chi connectivity index (χ4v) is 3.36. The number of ether oxygens (including phenoxy) is 4. The minimum absolute atomic E-state index is 0.0245. The molecule has 2 saturated heterocycles. The first-order valence-corrected chi connectivity index (χ1v) is 8.43. The van der Waals surface area contributed by atoms with E-state index in [4.69, 9.17) is 18.9 Å². The van der Waals surface area contributed by atoms with Gasteiger partial charge in [0.2, 0.25) is 6.79 Å². The normalized spacial score (nSPS) is 21.2. The van der Waals surface area contributed by atoms with Crippen molar-refractivity contribution in [3.05, 3.63) is 23.8 Å². The average Bonchev–Trinajstić information content (AvgIpc) is 3.24. The molecule has 0 aromatic heterocycles. The summed E-state index contributed by atoms with van der Waals surface area (Å²) in [7, 11) is 0. The summed E-state index contributed by atoms with van der Waals surface area (Å²) in [5.74, 6) is 1.11. The molecule has 7 heteroatoms. The molecular weight excluding hydrogens is 312 g/mol. The van der Waals surface area contributed by atoms with Gasteiger partial charge < -0.3 is 29.2 Å². The molecule has 2 amide bonds.